The fraction of sp³-hybridized carbons (Fsp3) is 0.588. The zero-order chi connectivity index (χ0) is 16.9. The van der Waals surface area contributed by atoms with E-state index in [0.717, 1.165) is 13.1 Å². The van der Waals surface area contributed by atoms with E-state index in [1.165, 1.54) is 43.5 Å². The van der Waals surface area contributed by atoms with E-state index in [1.54, 1.807) is 0 Å². The molecule has 2 rings (SSSR count). The van der Waals surface area contributed by atoms with Crippen LogP contribution in [0.4, 0.5) is 8.78 Å². The smallest absolute Gasteiger partial charge is 0.387 e. The molecule has 1 aliphatic heterocycles. The van der Waals surface area contributed by atoms with Crippen LogP contribution < -0.4 is 10.1 Å². The van der Waals surface area contributed by atoms with E-state index in [2.05, 4.69) is 28.8 Å². The minimum Gasteiger partial charge on any atom is -0.435 e. The van der Waals surface area contributed by atoms with Crippen LogP contribution in [0, 0.1) is 0 Å². The first-order valence-corrected chi connectivity index (χ1v) is 7.96. The number of piperidine rings is 1. The van der Waals surface area contributed by atoms with Crippen LogP contribution >= 0.6 is 0 Å². The van der Waals surface area contributed by atoms with Crippen molar-refractivity contribution in [2.45, 2.75) is 45.3 Å². The third kappa shape index (κ3) is 5.16. The van der Waals surface area contributed by atoms with Gasteiger partial charge in [0.2, 0.25) is 0 Å². The maximum atomic E-state index is 12.2. The molecule has 4 nitrogen and oxygen atoms in total. The molecule has 1 saturated heterocycles. The number of benzene rings is 1. The Balaban J connectivity index is 1.88. The third-order valence-corrected chi connectivity index (χ3v) is 4.24. The van der Waals surface area contributed by atoms with E-state index in [-0.39, 0.29) is 17.2 Å². The minimum absolute atomic E-state index is 0.0465. The van der Waals surface area contributed by atoms with Crippen LogP contribution in [0.2, 0.25) is 0 Å². The van der Waals surface area contributed by atoms with E-state index in [4.69, 9.17) is 0 Å². The van der Waals surface area contributed by atoms with E-state index in [9.17, 15) is 13.6 Å². The molecule has 0 saturated carbocycles. The molecule has 1 aromatic carbocycles. The van der Waals surface area contributed by atoms with Crippen molar-refractivity contribution in [3.8, 4) is 5.75 Å². The monoisotopic (exact) mass is 326 g/mol. The molecule has 0 spiro atoms. The van der Waals surface area contributed by atoms with Gasteiger partial charge in [-0.15, -0.1) is 0 Å². The van der Waals surface area contributed by atoms with Gasteiger partial charge >= 0.3 is 6.61 Å². The fourth-order valence-electron chi connectivity index (χ4n) is 2.80. The largest absolute Gasteiger partial charge is 0.435 e. The molecule has 1 fully saturated rings. The number of rotatable bonds is 6. The topological polar surface area (TPSA) is 41.6 Å². The predicted octanol–water partition coefficient (Wildman–Crippen LogP) is 3.28. The van der Waals surface area contributed by atoms with Crippen molar-refractivity contribution in [3.63, 3.8) is 0 Å². The summed E-state index contributed by atoms with van der Waals surface area (Å²) < 4.78 is 28.5. The van der Waals surface area contributed by atoms with Crippen molar-refractivity contribution in [1.29, 1.82) is 0 Å². The summed E-state index contributed by atoms with van der Waals surface area (Å²) in [5.74, 6) is -0.163. The number of amides is 1. The quantitative estimate of drug-likeness (QED) is 0.872. The molecule has 0 radical (unpaired) electrons. The third-order valence-electron chi connectivity index (χ3n) is 4.24. The van der Waals surface area contributed by atoms with Crippen LogP contribution in [0.5, 0.6) is 5.75 Å². The molecule has 1 aliphatic rings. The number of likely N-dealkylation sites (tertiary alicyclic amines) is 1. The molecular weight excluding hydrogens is 302 g/mol. The number of hydrogen-bond donors (Lipinski definition) is 1. The summed E-state index contributed by atoms with van der Waals surface area (Å²) in [7, 11) is 0. The lowest BCUT2D eigenvalue weighted by molar-refractivity contribution is -0.0498. The van der Waals surface area contributed by atoms with E-state index in [0.29, 0.717) is 12.1 Å². The van der Waals surface area contributed by atoms with Gasteiger partial charge in [-0.05, 0) is 64.0 Å². The zero-order valence-electron chi connectivity index (χ0n) is 13.6. The lowest BCUT2D eigenvalue weighted by atomic mass is 9.98. The van der Waals surface area contributed by atoms with Crippen LogP contribution in [0.25, 0.3) is 0 Å². The number of nitrogens with zero attached hydrogens (tertiary/aromatic N) is 1. The molecule has 1 heterocycles. The first-order chi connectivity index (χ1) is 10.9. The van der Waals surface area contributed by atoms with Crippen LogP contribution in [-0.2, 0) is 0 Å². The second kappa shape index (κ2) is 7.73. The Kier molecular flexibility index (Phi) is 5.93. The van der Waals surface area contributed by atoms with Crippen LogP contribution in [0.1, 0.15) is 43.5 Å². The van der Waals surface area contributed by atoms with Gasteiger partial charge in [-0.25, -0.2) is 0 Å². The summed E-state index contributed by atoms with van der Waals surface area (Å²) in [5, 5.41) is 2.93. The molecule has 1 N–H and O–H groups in total. The zero-order valence-corrected chi connectivity index (χ0v) is 13.6. The molecule has 6 heteroatoms. The van der Waals surface area contributed by atoms with Gasteiger partial charge in [-0.3, -0.25) is 9.69 Å². The van der Waals surface area contributed by atoms with Crippen molar-refractivity contribution in [2.75, 3.05) is 19.6 Å². The lowest BCUT2D eigenvalue weighted by Crippen LogP contribution is -2.53. The van der Waals surface area contributed by atoms with Crippen molar-refractivity contribution in [2.24, 2.45) is 0 Å². The highest BCUT2D eigenvalue weighted by atomic mass is 19.3. The predicted molar refractivity (Wildman–Crippen MR) is 84.9 cm³/mol. The Morgan fingerprint density at radius 2 is 1.83 bits per heavy atom. The molecule has 0 unspecified atom stereocenters. The highest BCUT2D eigenvalue weighted by Crippen LogP contribution is 2.20. The van der Waals surface area contributed by atoms with Crippen molar-refractivity contribution in [1.82, 2.24) is 10.2 Å². The number of carbonyl (C=O) groups excluding carboxylic acids is 1. The number of ether oxygens (including phenoxy) is 1. The summed E-state index contributed by atoms with van der Waals surface area (Å²) in [4.78, 5) is 14.6. The van der Waals surface area contributed by atoms with E-state index < -0.39 is 6.61 Å². The van der Waals surface area contributed by atoms with Crippen LogP contribution in [-0.4, -0.2) is 42.6 Å². The standard InChI is InChI=1S/C17H24F2N2O2/c1-17(2,21-10-4-3-5-11-21)12-20-15(22)13-6-8-14(9-7-13)23-16(18)19/h6-9,16H,3-5,10-12H2,1-2H3,(H,20,22). The van der Waals surface area contributed by atoms with Gasteiger partial charge in [-0.1, -0.05) is 6.42 Å². The molecule has 0 atom stereocenters. The summed E-state index contributed by atoms with van der Waals surface area (Å²) in [6.07, 6.45) is 3.66. The first kappa shape index (κ1) is 17.7. The SMILES string of the molecule is CC(C)(CNC(=O)c1ccc(OC(F)F)cc1)N1CCCCC1. The first-order valence-electron chi connectivity index (χ1n) is 7.96. The lowest BCUT2D eigenvalue weighted by Gasteiger charge is -2.41. The Labute approximate surface area is 135 Å². The van der Waals surface area contributed by atoms with Gasteiger partial charge in [0, 0.05) is 17.6 Å². The second-order valence-corrected chi connectivity index (χ2v) is 6.45. The summed E-state index contributed by atoms with van der Waals surface area (Å²) >= 11 is 0. The Hall–Kier alpha value is -1.69. The van der Waals surface area contributed by atoms with E-state index in [1.807, 2.05) is 0 Å². The van der Waals surface area contributed by atoms with Gasteiger partial charge in [0.05, 0.1) is 0 Å². The molecule has 1 amide bonds. The van der Waals surface area contributed by atoms with E-state index >= 15 is 0 Å². The number of hydrogen-bond acceptors (Lipinski definition) is 3. The Morgan fingerprint density at radius 3 is 2.39 bits per heavy atom. The van der Waals surface area contributed by atoms with Gasteiger partial charge in [0.25, 0.3) is 5.91 Å². The Morgan fingerprint density at radius 1 is 1.22 bits per heavy atom. The molecule has 0 bridgehead atoms. The summed E-state index contributed by atoms with van der Waals surface area (Å²) in [5.41, 5.74) is 0.329. The molecule has 1 aromatic rings. The second-order valence-electron chi connectivity index (χ2n) is 6.45. The van der Waals surface area contributed by atoms with Gasteiger partial charge < -0.3 is 10.1 Å². The van der Waals surface area contributed by atoms with Gasteiger partial charge in [-0.2, -0.15) is 8.78 Å². The van der Waals surface area contributed by atoms with Crippen LogP contribution in [0.3, 0.4) is 0 Å². The normalized spacial score (nSPS) is 16.4. The average molecular weight is 326 g/mol. The maximum absolute atomic E-state index is 12.2. The maximum Gasteiger partial charge on any atom is 0.387 e. The number of nitrogens with one attached hydrogen (secondary N) is 1. The average Bonchev–Trinajstić information content (AvgIpc) is 2.54. The fourth-order valence-corrected chi connectivity index (χ4v) is 2.80. The van der Waals surface area contributed by atoms with Gasteiger partial charge in [0.1, 0.15) is 5.75 Å². The highest BCUT2D eigenvalue weighted by molar-refractivity contribution is 5.94. The molecule has 0 aromatic heterocycles. The molecule has 23 heavy (non-hydrogen) atoms. The summed E-state index contributed by atoms with van der Waals surface area (Å²) in [6, 6.07) is 5.72. The minimum atomic E-state index is -2.86. The number of carbonyl (C=O) groups is 1. The highest BCUT2D eigenvalue weighted by Gasteiger charge is 2.28. The molecular formula is C17H24F2N2O2. The van der Waals surface area contributed by atoms with Crippen molar-refractivity contribution >= 4 is 5.91 Å². The van der Waals surface area contributed by atoms with Crippen molar-refractivity contribution < 1.29 is 18.3 Å². The summed E-state index contributed by atoms with van der Waals surface area (Å²) in [6.45, 7) is 4.04. The van der Waals surface area contributed by atoms with Crippen molar-refractivity contribution in [3.05, 3.63) is 29.8 Å². The van der Waals surface area contributed by atoms with Gasteiger partial charge in [0.15, 0.2) is 0 Å². The van der Waals surface area contributed by atoms with Crippen LogP contribution in [0.15, 0.2) is 24.3 Å². The molecule has 128 valence electrons. The number of alkyl halides is 2. The number of halogens is 2. The Bertz CT molecular complexity index is 512. The molecule has 0 aliphatic carbocycles.